The summed E-state index contributed by atoms with van der Waals surface area (Å²) in [6, 6.07) is 1.54. The second kappa shape index (κ2) is 6.23. The molecule has 0 aromatic carbocycles. The molecule has 1 rings (SSSR count). The van der Waals surface area contributed by atoms with E-state index in [0.717, 1.165) is 6.07 Å². The minimum absolute atomic E-state index is 0.153. The van der Waals surface area contributed by atoms with Crippen molar-refractivity contribution in [1.82, 2.24) is 4.98 Å². The molecule has 0 saturated heterocycles. The van der Waals surface area contributed by atoms with Gasteiger partial charge in [0.2, 0.25) is 0 Å². The molecule has 0 aliphatic heterocycles. The van der Waals surface area contributed by atoms with Gasteiger partial charge in [0.15, 0.2) is 0 Å². The number of carboxylic acids is 1. The van der Waals surface area contributed by atoms with Gasteiger partial charge in [-0.05, 0) is 12.1 Å². The van der Waals surface area contributed by atoms with E-state index in [0.29, 0.717) is 6.07 Å². The summed E-state index contributed by atoms with van der Waals surface area (Å²) in [5, 5.41) is 9.05. The molecule has 0 fully saturated rings. The second-order valence-corrected chi connectivity index (χ2v) is 3.85. The zero-order valence-corrected chi connectivity index (χ0v) is 10.5. The normalized spacial score (nSPS) is 10.9. The van der Waals surface area contributed by atoms with Crippen LogP contribution in [-0.2, 0) is 6.18 Å². The van der Waals surface area contributed by atoms with Gasteiger partial charge >= 0.3 is 12.1 Å². The second-order valence-electron chi connectivity index (χ2n) is 3.85. The van der Waals surface area contributed by atoms with Crippen LogP contribution in [0.3, 0.4) is 0 Å². The molecule has 0 spiro atoms. The minimum atomic E-state index is -4.64. The van der Waals surface area contributed by atoms with Crippen molar-refractivity contribution in [1.29, 1.82) is 0 Å². The highest BCUT2D eigenvalue weighted by Crippen LogP contribution is 2.30. The van der Waals surface area contributed by atoms with Crippen molar-refractivity contribution in [2.24, 2.45) is 0 Å². The minimum Gasteiger partial charge on any atom is -0.478 e. The van der Waals surface area contributed by atoms with E-state index in [9.17, 15) is 18.0 Å². The summed E-state index contributed by atoms with van der Waals surface area (Å²) in [5.74, 6) is -1.61. The Labute approximate surface area is 113 Å². The molecule has 1 heterocycles. The zero-order chi connectivity index (χ0) is 15.3. The van der Waals surface area contributed by atoms with E-state index in [1.54, 1.807) is 0 Å². The highest BCUT2D eigenvalue weighted by atomic mass is 19.4. The molecule has 0 aliphatic carbocycles. The van der Waals surface area contributed by atoms with E-state index >= 15 is 0 Å². The number of carbonyl (C=O) groups is 1. The van der Waals surface area contributed by atoms with Gasteiger partial charge in [0.25, 0.3) is 0 Å². The molecule has 1 aromatic rings. The number of aromatic nitrogens is 1. The largest absolute Gasteiger partial charge is 0.478 e. The predicted octanol–water partition coefficient (Wildman–Crippen LogP) is 2.98. The molecule has 4 nitrogen and oxygen atoms in total. The summed E-state index contributed by atoms with van der Waals surface area (Å²) in [6.45, 7) is 7.27. The molecular formula is C13H13F3N2O2. The lowest BCUT2D eigenvalue weighted by Crippen LogP contribution is -2.27. The molecule has 0 unspecified atom stereocenters. The number of hydrogen-bond donors (Lipinski definition) is 1. The fourth-order valence-electron chi connectivity index (χ4n) is 1.57. The maximum atomic E-state index is 12.7. The fraction of sp³-hybridized carbons (Fsp3) is 0.231. The Morgan fingerprint density at radius 1 is 1.30 bits per heavy atom. The third-order valence-electron chi connectivity index (χ3n) is 2.39. The van der Waals surface area contributed by atoms with E-state index in [1.807, 2.05) is 0 Å². The molecular weight excluding hydrogens is 273 g/mol. The average Bonchev–Trinajstić information content (AvgIpc) is 2.36. The number of alkyl halides is 3. The van der Waals surface area contributed by atoms with Crippen molar-refractivity contribution in [3.63, 3.8) is 0 Å². The van der Waals surface area contributed by atoms with Gasteiger partial charge in [-0.15, -0.1) is 13.2 Å². The highest BCUT2D eigenvalue weighted by molar-refractivity contribution is 5.93. The van der Waals surface area contributed by atoms with E-state index in [4.69, 9.17) is 5.11 Å². The SMILES string of the molecule is C=CCN(CC=C)c1nc(C(F)(F)F)ccc1C(=O)O. The summed E-state index contributed by atoms with van der Waals surface area (Å²) in [5.41, 5.74) is -1.45. The zero-order valence-electron chi connectivity index (χ0n) is 10.5. The van der Waals surface area contributed by atoms with Crippen LogP contribution in [-0.4, -0.2) is 29.1 Å². The summed E-state index contributed by atoms with van der Waals surface area (Å²) in [6.07, 6.45) is -1.76. The van der Waals surface area contributed by atoms with Crippen molar-refractivity contribution < 1.29 is 23.1 Å². The average molecular weight is 286 g/mol. The van der Waals surface area contributed by atoms with Gasteiger partial charge in [-0.25, -0.2) is 9.78 Å². The van der Waals surface area contributed by atoms with Crippen molar-refractivity contribution in [2.45, 2.75) is 6.18 Å². The van der Waals surface area contributed by atoms with Crippen LogP contribution < -0.4 is 4.90 Å². The molecule has 0 bridgehead atoms. The lowest BCUT2D eigenvalue weighted by molar-refractivity contribution is -0.141. The first kappa shape index (κ1) is 15.7. The number of hydrogen-bond acceptors (Lipinski definition) is 3. The number of carboxylic acid groups (broad SMARTS) is 1. The van der Waals surface area contributed by atoms with Crippen molar-refractivity contribution in [2.75, 3.05) is 18.0 Å². The Bertz CT molecular complexity index is 517. The van der Waals surface area contributed by atoms with E-state index in [2.05, 4.69) is 18.1 Å². The Kier molecular flexibility index (Phi) is 4.90. The number of aromatic carboxylic acids is 1. The van der Waals surface area contributed by atoms with Crippen molar-refractivity contribution in [3.05, 3.63) is 48.7 Å². The first-order valence-corrected chi connectivity index (χ1v) is 5.59. The Hall–Kier alpha value is -2.31. The number of nitrogens with zero attached hydrogens (tertiary/aromatic N) is 2. The lowest BCUT2D eigenvalue weighted by Gasteiger charge is -2.23. The van der Waals surface area contributed by atoms with Gasteiger partial charge in [-0.1, -0.05) is 12.2 Å². The van der Waals surface area contributed by atoms with Crippen LogP contribution in [0, 0.1) is 0 Å². The van der Waals surface area contributed by atoms with Crippen molar-refractivity contribution >= 4 is 11.8 Å². The summed E-state index contributed by atoms with van der Waals surface area (Å²) >= 11 is 0. The Morgan fingerprint density at radius 2 is 1.85 bits per heavy atom. The molecule has 0 amide bonds. The summed E-state index contributed by atoms with van der Waals surface area (Å²) in [7, 11) is 0. The lowest BCUT2D eigenvalue weighted by atomic mass is 10.2. The summed E-state index contributed by atoms with van der Waals surface area (Å²) in [4.78, 5) is 15.9. The van der Waals surface area contributed by atoms with Crippen LogP contribution in [0.15, 0.2) is 37.4 Å². The fourth-order valence-corrected chi connectivity index (χ4v) is 1.57. The molecule has 1 aromatic heterocycles. The van der Waals surface area contributed by atoms with Crippen LogP contribution in [0.25, 0.3) is 0 Å². The van der Waals surface area contributed by atoms with Crippen LogP contribution in [0.1, 0.15) is 16.1 Å². The molecule has 108 valence electrons. The Balaban J connectivity index is 3.40. The van der Waals surface area contributed by atoms with Gasteiger partial charge in [-0.2, -0.15) is 13.2 Å². The topological polar surface area (TPSA) is 53.4 Å². The van der Waals surface area contributed by atoms with E-state index in [-0.39, 0.29) is 24.5 Å². The van der Waals surface area contributed by atoms with Gasteiger partial charge < -0.3 is 10.0 Å². The van der Waals surface area contributed by atoms with Crippen LogP contribution in [0.4, 0.5) is 19.0 Å². The molecule has 0 radical (unpaired) electrons. The number of pyridine rings is 1. The number of anilines is 1. The quantitative estimate of drug-likeness (QED) is 0.817. The smallest absolute Gasteiger partial charge is 0.433 e. The standard InChI is InChI=1S/C13H13F3N2O2/c1-3-7-18(8-4-2)11-9(12(19)20)5-6-10(17-11)13(14,15)16/h3-6H,1-2,7-8H2,(H,19,20). The third kappa shape index (κ3) is 3.59. The van der Waals surface area contributed by atoms with Gasteiger partial charge in [0.05, 0.1) is 0 Å². The molecule has 0 saturated carbocycles. The molecule has 20 heavy (non-hydrogen) atoms. The number of halogens is 3. The van der Waals surface area contributed by atoms with Gasteiger partial charge in [0, 0.05) is 13.1 Å². The first-order chi connectivity index (χ1) is 9.31. The van der Waals surface area contributed by atoms with Crippen LogP contribution in [0.2, 0.25) is 0 Å². The molecule has 0 atom stereocenters. The maximum Gasteiger partial charge on any atom is 0.433 e. The van der Waals surface area contributed by atoms with Crippen LogP contribution in [0.5, 0.6) is 0 Å². The molecule has 1 N–H and O–H groups in total. The highest BCUT2D eigenvalue weighted by Gasteiger charge is 2.34. The van der Waals surface area contributed by atoms with E-state index < -0.39 is 17.8 Å². The predicted molar refractivity (Wildman–Crippen MR) is 68.8 cm³/mol. The van der Waals surface area contributed by atoms with Crippen molar-refractivity contribution in [3.8, 4) is 0 Å². The monoisotopic (exact) mass is 286 g/mol. The maximum absolute atomic E-state index is 12.7. The summed E-state index contributed by atoms with van der Waals surface area (Å²) < 4.78 is 38.0. The first-order valence-electron chi connectivity index (χ1n) is 5.59. The Morgan fingerprint density at radius 3 is 2.25 bits per heavy atom. The molecule has 0 aliphatic rings. The number of rotatable bonds is 6. The van der Waals surface area contributed by atoms with E-state index in [1.165, 1.54) is 17.1 Å². The molecule has 7 heteroatoms. The van der Waals surface area contributed by atoms with Gasteiger partial charge in [0.1, 0.15) is 17.1 Å². The van der Waals surface area contributed by atoms with Crippen LogP contribution >= 0.6 is 0 Å². The van der Waals surface area contributed by atoms with Gasteiger partial charge in [-0.3, -0.25) is 0 Å². The third-order valence-corrected chi connectivity index (χ3v) is 2.39.